The van der Waals surface area contributed by atoms with E-state index in [1.165, 1.54) is 0 Å². The average Bonchev–Trinajstić information content (AvgIpc) is 2.57. The maximum atomic E-state index is 12.0. The van der Waals surface area contributed by atoms with Crippen molar-refractivity contribution < 1.29 is 24.1 Å². The molecule has 0 saturated carbocycles. The van der Waals surface area contributed by atoms with Crippen molar-refractivity contribution in [2.75, 3.05) is 13.2 Å². The van der Waals surface area contributed by atoms with Gasteiger partial charge in [0.2, 0.25) is 0 Å². The van der Waals surface area contributed by atoms with Crippen molar-refractivity contribution in [2.24, 2.45) is 17.3 Å². The average molecular weight is 445 g/mol. The van der Waals surface area contributed by atoms with Crippen LogP contribution in [0, 0.1) is 17.3 Å². The number of fused-ring (bicyclic) bond motifs is 2. The van der Waals surface area contributed by atoms with Gasteiger partial charge in [0.15, 0.2) is 5.79 Å². The van der Waals surface area contributed by atoms with Gasteiger partial charge in [0, 0.05) is 17.4 Å². The summed E-state index contributed by atoms with van der Waals surface area (Å²) in [5.41, 5.74) is 1.23. The first kappa shape index (κ1) is 22.6. The van der Waals surface area contributed by atoms with Crippen molar-refractivity contribution in [3.05, 3.63) is 23.3 Å². The van der Waals surface area contributed by atoms with E-state index in [1.807, 2.05) is 40.7 Å². The minimum Gasteiger partial charge on any atom is -0.461 e. The molecule has 0 spiro atoms. The van der Waals surface area contributed by atoms with Crippen LogP contribution in [-0.2, 0) is 19.0 Å². The normalized spacial score (nSPS) is 35.4. The molecule has 0 aromatic heterocycles. The molecule has 0 aromatic rings. The van der Waals surface area contributed by atoms with Crippen molar-refractivity contribution >= 4 is 21.9 Å². The Balaban J connectivity index is 2.11. The molecule has 0 amide bonds. The fourth-order valence-corrected chi connectivity index (χ4v) is 4.57. The number of carbonyl (C=O) groups is 1. The lowest BCUT2D eigenvalue weighted by atomic mass is 9.82. The molecule has 154 valence electrons. The monoisotopic (exact) mass is 444 g/mol. The number of hydrogen-bond donors (Lipinski definition) is 1. The van der Waals surface area contributed by atoms with Crippen molar-refractivity contribution in [2.45, 2.75) is 71.3 Å². The SMILES string of the molecule is C/C(=C\[C@@H](C)[C@H]1O[C@@]2(C)O[C@@H]([C@@H]1C)[C@H](Br)C=C2CO)COC(=O)C(C)(C)C. The summed E-state index contributed by atoms with van der Waals surface area (Å²) in [5, 5.41) is 9.70. The smallest absolute Gasteiger partial charge is 0.311 e. The number of ether oxygens (including phenoxy) is 3. The lowest BCUT2D eigenvalue weighted by Crippen LogP contribution is -2.59. The number of alkyl halides is 1. The van der Waals surface area contributed by atoms with E-state index in [2.05, 4.69) is 35.9 Å². The molecule has 0 aliphatic carbocycles. The van der Waals surface area contributed by atoms with E-state index in [-0.39, 0.29) is 48.1 Å². The van der Waals surface area contributed by atoms with Crippen LogP contribution in [0.3, 0.4) is 0 Å². The number of esters is 1. The number of halogens is 1. The summed E-state index contributed by atoms with van der Waals surface area (Å²) < 4.78 is 17.9. The standard InChI is InChI=1S/C21H33BrO5/c1-12(11-25-19(24)20(4,5)6)8-13(2)17-14(3)18-16(22)9-15(10-23)21(7,26-17)27-18/h8-9,13-14,16-18,23H,10-11H2,1-7H3/b12-8+/t13-,14-,16-,17-,18+,21+/m1/s1. The van der Waals surface area contributed by atoms with Gasteiger partial charge in [-0.15, -0.1) is 0 Å². The maximum Gasteiger partial charge on any atom is 0.311 e. The van der Waals surface area contributed by atoms with Gasteiger partial charge in [-0.2, -0.15) is 0 Å². The van der Waals surface area contributed by atoms with Gasteiger partial charge in [-0.05, 0) is 40.2 Å². The molecule has 1 fully saturated rings. The molecule has 0 radical (unpaired) electrons. The Morgan fingerprint density at radius 3 is 2.63 bits per heavy atom. The van der Waals surface area contributed by atoms with E-state index >= 15 is 0 Å². The van der Waals surface area contributed by atoms with Crippen LogP contribution < -0.4 is 0 Å². The summed E-state index contributed by atoms with van der Waals surface area (Å²) in [7, 11) is 0. The molecule has 0 unspecified atom stereocenters. The summed E-state index contributed by atoms with van der Waals surface area (Å²) in [6, 6.07) is 0. The van der Waals surface area contributed by atoms with Crippen molar-refractivity contribution in [3.8, 4) is 0 Å². The Morgan fingerprint density at radius 2 is 2.07 bits per heavy atom. The predicted molar refractivity (Wildman–Crippen MR) is 109 cm³/mol. The third kappa shape index (κ3) is 5.03. The molecular weight excluding hydrogens is 412 g/mol. The lowest BCUT2D eigenvalue weighted by molar-refractivity contribution is -0.318. The van der Waals surface area contributed by atoms with Gasteiger partial charge in [0.05, 0.1) is 29.1 Å². The highest BCUT2D eigenvalue weighted by Gasteiger charge is 2.51. The molecule has 2 aliphatic heterocycles. The van der Waals surface area contributed by atoms with E-state index < -0.39 is 11.2 Å². The second-order valence-electron chi connectivity index (χ2n) is 8.96. The Labute approximate surface area is 171 Å². The van der Waals surface area contributed by atoms with Crippen LogP contribution in [0.5, 0.6) is 0 Å². The van der Waals surface area contributed by atoms with Gasteiger partial charge in [0.1, 0.15) is 6.61 Å². The highest BCUT2D eigenvalue weighted by molar-refractivity contribution is 9.09. The van der Waals surface area contributed by atoms with Gasteiger partial charge in [-0.3, -0.25) is 4.79 Å². The zero-order chi connectivity index (χ0) is 20.6. The number of hydrogen-bond acceptors (Lipinski definition) is 5. The summed E-state index contributed by atoms with van der Waals surface area (Å²) in [5.74, 6) is -0.845. The van der Waals surface area contributed by atoms with Crippen LogP contribution >= 0.6 is 15.9 Å². The minimum absolute atomic E-state index is 0.0288. The van der Waals surface area contributed by atoms with Crippen LogP contribution in [0.1, 0.15) is 48.5 Å². The van der Waals surface area contributed by atoms with Crippen LogP contribution in [0.15, 0.2) is 23.3 Å². The molecule has 2 heterocycles. The van der Waals surface area contributed by atoms with Crippen molar-refractivity contribution in [1.29, 1.82) is 0 Å². The van der Waals surface area contributed by atoms with Crippen molar-refractivity contribution in [1.82, 2.24) is 0 Å². The summed E-state index contributed by atoms with van der Waals surface area (Å²) in [4.78, 5) is 12.0. The first-order valence-electron chi connectivity index (χ1n) is 9.55. The fraction of sp³-hybridized carbons (Fsp3) is 0.762. The first-order valence-corrected chi connectivity index (χ1v) is 10.5. The highest BCUT2D eigenvalue weighted by atomic mass is 79.9. The Hall–Kier alpha value is -0.690. The minimum atomic E-state index is -0.907. The summed E-state index contributed by atoms with van der Waals surface area (Å²) >= 11 is 3.67. The number of rotatable bonds is 5. The molecule has 0 aromatic carbocycles. The van der Waals surface area contributed by atoms with Gasteiger partial charge >= 0.3 is 5.97 Å². The van der Waals surface area contributed by atoms with E-state index in [4.69, 9.17) is 14.2 Å². The Kier molecular flexibility index (Phi) is 6.99. The molecule has 6 heteroatoms. The van der Waals surface area contributed by atoms with E-state index in [0.29, 0.717) is 0 Å². The molecule has 1 saturated heterocycles. The molecule has 1 N–H and O–H groups in total. The number of aliphatic hydroxyl groups excluding tert-OH is 1. The van der Waals surface area contributed by atoms with Crippen LogP contribution in [0.2, 0.25) is 0 Å². The molecular formula is C21H33BrO5. The molecule has 27 heavy (non-hydrogen) atoms. The fourth-order valence-electron chi connectivity index (χ4n) is 3.66. The first-order chi connectivity index (χ1) is 12.4. The third-order valence-electron chi connectivity index (χ3n) is 5.30. The molecule has 2 aliphatic rings. The zero-order valence-electron chi connectivity index (χ0n) is 17.4. The second-order valence-corrected chi connectivity index (χ2v) is 10.0. The van der Waals surface area contributed by atoms with Gasteiger partial charge in [-0.25, -0.2) is 0 Å². The number of carbonyl (C=O) groups excluding carboxylic acids is 1. The molecule has 5 nitrogen and oxygen atoms in total. The topological polar surface area (TPSA) is 65.0 Å². The van der Waals surface area contributed by atoms with Crippen LogP contribution in [-0.4, -0.2) is 47.1 Å². The van der Waals surface area contributed by atoms with Crippen molar-refractivity contribution in [3.63, 3.8) is 0 Å². The third-order valence-corrected chi connectivity index (χ3v) is 6.08. The Bertz CT molecular complexity index is 621. The maximum absolute atomic E-state index is 12.0. The molecule has 2 rings (SSSR count). The number of aliphatic hydroxyl groups is 1. The van der Waals surface area contributed by atoms with Gasteiger partial charge in [0.25, 0.3) is 0 Å². The highest BCUT2D eigenvalue weighted by Crippen LogP contribution is 2.45. The summed E-state index contributed by atoms with van der Waals surface area (Å²) in [6.45, 7) is 13.8. The molecule has 6 atom stereocenters. The second kappa shape index (κ2) is 8.36. The zero-order valence-corrected chi connectivity index (χ0v) is 19.0. The molecule has 2 bridgehead atoms. The van der Waals surface area contributed by atoms with E-state index in [1.54, 1.807) is 0 Å². The largest absolute Gasteiger partial charge is 0.461 e. The van der Waals surface area contributed by atoms with E-state index in [0.717, 1.165) is 11.1 Å². The van der Waals surface area contributed by atoms with E-state index in [9.17, 15) is 9.90 Å². The quantitative estimate of drug-likeness (QED) is 0.394. The summed E-state index contributed by atoms with van der Waals surface area (Å²) in [6.07, 6.45) is 4.00. The Morgan fingerprint density at radius 1 is 1.44 bits per heavy atom. The van der Waals surface area contributed by atoms with Crippen LogP contribution in [0.25, 0.3) is 0 Å². The van der Waals surface area contributed by atoms with Gasteiger partial charge < -0.3 is 19.3 Å². The van der Waals surface area contributed by atoms with Gasteiger partial charge in [-0.1, -0.05) is 41.9 Å². The lowest BCUT2D eigenvalue weighted by Gasteiger charge is -2.52. The van der Waals surface area contributed by atoms with Crippen LogP contribution in [0.4, 0.5) is 0 Å². The predicted octanol–water partition coefficient (Wildman–Crippen LogP) is 3.99.